The molecule has 8 heteroatoms. The summed E-state index contributed by atoms with van der Waals surface area (Å²) in [6.45, 7) is 4.57. The number of benzene rings is 3. The first kappa shape index (κ1) is 25.6. The number of ether oxygens (including phenoxy) is 1. The van der Waals surface area contributed by atoms with E-state index in [0.29, 0.717) is 23.7 Å². The van der Waals surface area contributed by atoms with E-state index in [2.05, 4.69) is 38.0 Å². The van der Waals surface area contributed by atoms with Crippen molar-refractivity contribution in [3.63, 3.8) is 0 Å². The largest absolute Gasteiger partial charge is 0.379 e. The Bertz CT molecular complexity index is 1710. The Balaban J connectivity index is 1.17. The second kappa shape index (κ2) is 10.9. The highest BCUT2D eigenvalue weighted by molar-refractivity contribution is 6.08. The van der Waals surface area contributed by atoms with Crippen molar-refractivity contribution in [3.8, 4) is 5.69 Å². The van der Waals surface area contributed by atoms with Gasteiger partial charge in [-0.2, -0.15) is 0 Å². The number of hydrogen-bond acceptors (Lipinski definition) is 4. The number of fused-ring (bicyclic) bond motifs is 2. The first-order valence-electron chi connectivity index (χ1n) is 14.3. The Morgan fingerprint density at radius 3 is 2.51 bits per heavy atom. The van der Waals surface area contributed by atoms with Gasteiger partial charge in [-0.15, -0.1) is 0 Å². The van der Waals surface area contributed by atoms with Gasteiger partial charge in [0.15, 0.2) is 0 Å². The molecule has 208 valence electrons. The van der Waals surface area contributed by atoms with Gasteiger partial charge in [-0.1, -0.05) is 0 Å². The fourth-order valence-corrected chi connectivity index (χ4v) is 5.55. The van der Waals surface area contributed by atoms with Gasteiger partial charge in [0, 0.05) is 83.4 Å². The summed E-state index contributed by atoms with van der Waals surface area (Å²) in [5.41, 5.74) is 5.25. The molecule has 0 radical (unpaired) electrons. The fourth-order valence-electron chi connectivity index (χ4n) is 5.55. The maximum atomic E-state index is 13.9. The molecule has 0 unspecified atom stereocenters. The summed E-state index contributed by atoms with van der Waals surface area (Å²) in [6, 6.07) is 24.1. The Labute approximate surface area is 238 Å². The maximum Gasteiger partial charge on any atom is 0.258 e. The maximum absolute atomic E-state index is 13.9. The van der Waals surface area contributed by atoms with Gasteiger partial charge in [0.05, 0.1) is 18.7 Å². The highest BCUT2D eigenvalue weighted by Crippen LogP contribution is 2.28. The van der Waals surface area contributed by atoms with Gasteiger partial charge >= 0.3 is 0 Å². The molecule has 0 atom stereocenters. The van der Waals surface area contributed by atoms with E-state index >= 15 is 0 Å². The molecule has 1 saturated carbocycles. The second-order valence-electron chi connectivity index (χ2n) is 10.9. The van der Waals surface area contributed by atoms with Crippen LogP contribution in [0.5, 0.6) is 0 Å². The molecule has 1 aliphatic heterocycles. The van der Waals surface area contributed by atoms with Crippen molar-refractivity contribution in [2.45, 2.75) is 18.9 Å². The molecule has 5 aromatic rings. The summed E-state index contributed by atoms with van der Waals surface area (Å²) in [5, 5.41) is 5.11. The van der Waals surface area contributed by atoms with Crippen molar-refractivity contribution in [1.29, 1.82) is 0 Å². The van der Waals surface area contributed by atoms with Crippen molar-refractivity contribution in [2.75, 3.05) is 44.3 Å². The summed E-state index contributed by atoms with van der Waals surface area (Å²) in [6.07, 6.45) is 6.07. The lowest BCUT2D eigenvalue weighted by molar-refractivity contribution is 0.0391. The van der Waals surface area contributed by atoms with Gasteiger partial charge in [-0.3, -0.25) is 14.5 Å². The summed E-state index contributed by atoms with van der Waals surface area (Å²) < 4.78 is 7.63. The molecule has 0 spiro atoms. The molecular formula is C33H33N5O3. The third kappa shape index (κ3) is 5.36. The Morgan fingerprint density at radius 1 is 0.902 bits per heavy atom. The van der Waals surface area contributed by atoms with Crippen LogP contribution in [0.4, 0.5) is 5.69 Å². The highest BCUT2D eigenvalue weighted by Gasteiger charge is 2.24. The SMILES string of the molecule is O=C(NC1CC1)c1ccc(-n2ccc3cc(N(CCN4CCOCC4)C(=O)c4ccc5[nH]ccc5c4)ccc32)cc1. The quantitative estimate of drug-likeness (QED) is 0.287. The van der Waals surface area contributed by atoms with Gasteiger partial charge < -0.3 is 24.5 Å². The molecule has 3 heterocycles. The van der Waals surface area contributed by atoms with E-state index in [1.807, 2.05) is 71.9 Å². The lowest BCUT2D eigenvalue weighted by atomic mass is 10.1. The first-order valence-corrected chi connectivity index (χ1v) is 14.3. The lowest BCUT2D eigenvalue weighted by Crippen LogP contribution is -2.43. The number of rotatable bonds is 8. The Kier molecular flexibility index (Phi) is 6.78. The van der Waals surface area contributed by atoms with E-state index in [-0.39, 0.29) is 11.8 Å². The number of nitrogens with one attached hydrogen (secondary N) is 2. The molecule has 7 rings (SSSR count). The summed E-state index contributed by atoms with van der Waals surface area (Å²) in [4.78, 5) is 33.8. The summed E-state index contributed by atoms with van der Waals surface area (Å²) in [7, 11) is 0. The number of aromatic amines is 1. The average Bonchev–Trinajstić information content (AvgIpc) is 3.53. The molecule has 0 bridgehead atoms. The Hall–Kier alpha value is -4.40. The van der Waals surface area contributed by atoms with Crippen molar-refractivity contribution in [2.24, 2.45) is 0 Å². The standard InChI is InChI=1S/C33H33N5O3/c39-32(35-27-4-5-27)23-1-6-28(7-2-23)37-14-12-25-22-29(8-10-31(25)37)38(16-15-36-17-19-41-20-18-36)33(40)26-3-9-30-24(21-26)11-13-34-30/h1-3,6-14,21-22,27,34H,4-5,15-20H2,(H,35,39). The van der Waals surface area contributed by atoms with Crippen LogP contribution in [0.15, 0.2) is 85.2 Å². The van der Waals surface area contributed by atoms with Gasteiger partial charge in [-0.05, 0) is 85.6 Å². The molecular weight excluding hydrogens is 514 g/mol. The minimum Gasteiger partial charge on any atom is -0.379 e. The van der Waals surface area contributed by atoms with Gasteiger partial charge in [-0.25, -0.2) is 0 Å². The van der Waals surface area contributed by atoms with E-state index in [4.69, 9.17) is 4.74 Å². The zero-order valence-electron chi connectivity index (χ0n) is 22.9. The minimum atomic E-state index is -0.0152. The number of nitrogens with zero attached hydrogens (tertiary/aromatic N) is 3. The van der Waals surface area contributed by atoms with Crippen molar-refractivity contribution >= 4 is 39.3 Å². The molecule has 2 fully saturated rings. The number of aromatic nitrogens is 2. The normalized spacial score (nSPS) is 15.8. The third-order valence-corrected chi connectivity index (χ3v) is 8.09. The fraction of sp³-hybridized carbons (Fsp3) is 0.273. The van der Waals surface area contributed by atoms with Gasteiger partial charge in [0.1, 0.15) is 0 Å². The highest BCUT2D eigenvalue weighted by atomic mass is 16.5. The minimum absolute atomic E-state index is 0.0137. The third-order valence-electron chi connectivity index (χ3n) is 8.09. The second-order valence-corrected chi connectivity index (χ2v) is 10.9. The zero-order valence-corrected chi connectivity index (χ0v) is 22.9. The average molecular weight is 548 g/mol. The lowest BCUT2D eigenvalue weighted by Gasteiger charge is -2.30. The van der Waals surface area contributed by atoms with E-state index in [9.17, 15) is 9.59 Å². The molecule has 8 nitrogen and oxygen atoms in total. The molecule has 1 saturated heterocycles. The van der Waals surface area contributed by atoms with Crippen molar-refractivity contribution in [3.05, 3.63) is 96.3 Å². The number of amides is 2. The van der Waals surface area contributed by atoms with Crippen molar-refractivity contribution in [1.82, 2.24) is 19.8 Å². The number of hydrogen-bond donors (Lipinski definition) is 2. The van der Waals surface area contributed by atoms with Crippen LogP contribution in [-0.2, 0) is 4.74 Å². The molecule has 2 aromatic heterocycles. The number of morpholine rings is 1. The van der Waals surface area contributed by atoms with Crippen LogP contribution in [0.2, 0.25) is 0 Å². The summed E-state index contributed by atoms with van der Waals surface area (Å²) >= 11 is 0. The molecule has 41 heavy (non-hydrogen) atoms. The first-order chi connectivity index (χ1) is 20.1. The number of anilines is 1. The zero-order chi connectivity index (χ0) is 27.8. The van der Waals surface area contributed by atoms with Crippen LogP contribution in [0.3, 0.4) is 0 Å². The van der Waals surface area contributed by atoms with Crippen LogP contribution in [0.25, 0.3) is 27.5 Å². The molecule has 1 aliphatic carbocycles. The van der Waals surface area contributed by atoms with Crippen LogP contribution in [0, 0.1) is 0 Å². The van der Waals surface area contributed by atoms with E-state index in [0.717, 1.165) is 78.9 Å². The number of carbonyl (C=O) groups excluding carboxylic acids is 2. The van der Waals surface area contributed by atoms with E-state index < -0.39 is 0 Å². The monoisotopic (exact) mass is 547 g/mol. The van der Waals surface area contributed by atoms with E-state index in [1.54, 1.807) is 0 Å². The number of H-pyrrole nitrogens is 1. The Morgan fingerprint density at radius 2 is 1.71 bits per heavy atom. The molecule has 3 aromatic carbocycles. The van der Waals surface area contributed by atoms with Crippen LogP contribution in [-0.4, -0.2) is 71.7 Å². The van der Waals surface area contributed by atoms with Crippen LogP contribution < -0.4 is 10.2 Å². The molecule has 2 amide bonds. The van der Waals surface area contributed by atoms with E-state index in [1.165, 1.54) is 0 Å². The van der Waals surface area contributed by atoms with Gasteiger partial charge in [0.25, 0.3) is 11.8 Å². The molecule has 2 N–H and O–H groups in total. The number of carbonyl (C=O) groups is 2. The molecule has 2 aliphatic rings. The van der Waals surface area contributed by atoms with Crippen LogP contribution in [0.1, 0.15) is 33.6 Å². The predicted molar refractivity (Wildman–Crippen MR) is 161 cm³/mol. The van der Waals surface area contributed by atoms with Gasteiger partial charge in [0.2, 0.25) is 0 Å². The smallest absolute Gasteiger partial charge is 0.258 e. The van der Waals surface area contributed by atoms with Crippen LogP contribution >= 0.6 is 0 Å². The predicted octanol–water partition coefficient (Wildman–Crippen LogP) is 4.98. The van der Waals surface area contributed by atoms with Crippen molar-refractivity contribution < 1.29 is 14.3 Å². The topological polar surface area (TPSA) is 82.6 Å². The summed E-state index contributed by atoms with van der Waals surface area (Å²) in [5.74, 6) is -0.0289.